The highest BCUT2D eigenvalue weighted by molar-refractivity contribution is 7.91. The van der Waals surface area contributed by atoms with Crippen LogP contribution in [-0.2, 0) is 19.4 Å². The lowest BCUT2D eigenvalue weighted by Crippen LogP contribution is -2.17. The van der Waals surface area contributed by atoms with E-state index < -0.39 is 9.84 Å². The number of hydrogen-bond acceptors (Lipinski definition) is 6. The summed E-state index contributed by atoms with van der Waals surface area (Å²) in [5, 5.41) is 0. The maximum Gasteiger partial charge on any atom is 0.314 e. The van der Waals surface area contributed by atoms with Gasteiger partial charge in [-0.2, -0.15) is 0 Å². The van der Waals surface area contributed by atoms with E-state index in [2.05, 4.69) is 0 Å². The zero-order valence-electron chi connectivity index (χ0n) is 17.3. The Morgan fingerprint density at radius 3 is 1.26 bits per heavy atom. The third kappa shape index (κ3) is 4.98. The van der Waals surface area contributed by atoms with Gasteiger partial charge in [0.15, 0.2) is 0 Å². The smallest absolute Gasteiger partial charge is 0.314 e. The van der Waals surface area contributed by atoms with Gasteiger partial charge in [-0.05, 0) is 74.2 Å². The molecule has 31 heavy (non-hydrogen) atoms. The van der Waals surface area contributed by atoms with E-state index in [-0.39, 0.29) is 33.6 Å². The third-order valence-electron chi connectivity index (χ3n) is 6.08. The summed E-state index contributed by atoms with van der Waals surface area (Å²) in [6, 6.07) is 11.7. The number of rotatable bonds is 6. The first-order chi connectivity index (χ1) is 14.9. The molecular formula is C24H26O6S. The van der Waals surface area contributed by atoms with Crippen molar-refractivity contribution in [2.75, 3.05) is 0 Å². The molecule has 0 radical (unpaired) electrons. The molecule has 4 rings (SSSR count). The summed E-state index contributed by atoms with van der Waals surface area (Å²) in [6.07, 6.45) is 7.53. The van der Waals surface area contributed by atoms with Crippen LogP contribution in [0.4, 0.5) is 0 Å². The topological polar surface area (TPSA) is 86.7 Å². The molecule has 2 aliphatic carbocycles. The molecule has 0 bridgehead atoms. The van der Waals surface area contributed by atoms with Gasteiger partial charge in [0.05, 0.1) is 21.6 Å². The molecule has 2 aliphatic rings. The summed E-state index contributed by atoms with van der Waals surface area (Å²) in [7, 11) is -3.74. The monoisotopic (exact) mass is 442 g/mol. The molecule has 0 aliphatic heterocycles. The van der Waals surface area contributed by atoms with Crippen molar-refractivity contribution in [2.45, 2.75) is 61.2 Å². The SMILES string of the molecule is O=C(Oc1ccc(S(=O)(=O)c2ccc(OC(=O)C3CCCC3)cc2)cc1)C1CCCC1. The summed E-state index contributed by atoms with van der Waals surface area (Å²) < 4.78 is 36.6. The molecule has 2 fully saturated rings. The van der Waals surface area contributed by atoms with Gasteiger partial charge in [0.2, 0.25) is 9.84 Å². The number of sulfone groups is 1. The number of benzene rings is 2. The second-order valence-corrected chi connectivity index (χ2v) is 10.2. The van der Waals surface area contributed by atoms with Crippen molar-refractivity contribution in [3.8, 4) is 11.5 Å². The highest BCUT2D eigenvalue weighted by Crippen LogP contribution is 2.29. The van der Waals surface area contributed by atoms with E-state index in [1.165, 1.54) is 48.5 Å². The maximum atomic E-state index is 12.9. The van der Waals surface area contributed by atoms with Crippen molar-refractivity contribution in [3.63, 3.8) is 0 Å². The summed E-state index contributed by atoms with van der Waals surface area (Å²) in [6.45, 7) is 0. The molecule has 0 unspecified atom stereocenters. The number of carbonyl (C=O) groups is 2. The number of esters is 2. The molecule has 7 heteroatoms. The first-order valence-corrected chi connectivity index (χ1v) is 12.3. The van der Waals surface area contributed by atoms with E-state index in [0.717, 1.165) is 51.4 Å². The molecule has 0 N–H and O–H groups in total. The fourth-order valence-corrected chi connectivity index (χ4v) is 5.49. The molecule has 0 spiro atoms. The average Bonchev–Trinajstić information content (AvgIpc) is 3.49. The van der Waals surface area contributed by atoms with Crippen LogP contribution in [0.15, 0.2) is 58.3 Å². The predicted molar refractivity (Wildman–Crippen MR) is 114 cm³/mol. The molecule has 2 aromatic carbocycles. The van der Waals surface area contributed by atoms with E-state index in [1.54, 1.807) is 0 Å². The fraction of sp³-hybridized carbons (Fsp3) is 0.417. The predicted octanol–water partition coefficient (Wildman–Crippen LogP) is 4.71. The molecule has 0 amide bonds. The molecule has 2 aromatic rings. The zero-order chi connectivity index (χ0) is 21.8. The Morgan fingerprint density at radius 1 is 0.613 bits per heavy atom. The summed E-state index contributed by atoms with van der Waals surface area (Å²) in [5.41, 5.74) is 0. The van der Waals surface area contributed by atoms with E-state index in [0.29, 0.717) is 11.5 Å². The van der Waals surface area contributed by atoms with E-state index in [1.807, 2.05) is 0 Å². The molecule has 164 valence electrons. The van der Waals surface area contributed by atoms with E-state index >= 15 is 0 Å². The third-order valence-corrected chi connectivity index (χ3v) is 7.87. The first kappa shape index (κ1) is 21.6. The molecule has 6 nitrogen and oxygen atoms in total. The van der Waals surface area contributed by atoms with Crippen molar-refractivity contribution in [1.29, 1.82) is 0 Å². The normalized spacial score (nSPS) is 17.5. The quantitative estimate of drug-likeness (QED) is 0.476. The Bertz CT molecular complexity index is 949. The van der Waals surface area contributed by atoms with Crippen LogP contribution in [0.2, 0.25) is 0 Å². The van der Waals surface area contributed by atoms with Crippen LogP contribution < -0.4 is 9.47 Å². The molecular weight excluding hydrogens is 416 g/mol. The van der Waals surface area contributed by atoms with Crippen molar-refractivity contribution in [1.82, 2.24) is 0 Å². The Morgan fingerprint density at radius 2 is 0.935 bits per heavy atom. The van der Waals surface area contributed by atoms with Crippen LogP contribution in [0.1, 0.15) is 51.4 Å². The van der Waals surface area contributed by atoms with Crippen LogP contribution in [0.3, 0.4) is 0 Å². The van der Waals surface area contributed by atoms with Gasteiger partial charge in [-0.1, -0.05) is 25.7 Å². The summed E-state index contributed by atoms with van der Waals surface area (Å²) in [5.74, 6) is 0.0381. The van der Waals surface area contributed by atoms with Gasteiger partial charge >= 0.3 is 11.9 Å². The molecule has 2 saturated carbocycles. The minimum absolute atomic E-state index is 0.0651. The van der Waals surface area contributed by atoms with Gasteiger partial charge in [-0.3, -0.25) is 9.59 Å². The first-order valence-electron chi connectivity index (χ1n) is 10.8. The summed E-state index contributed by atoms with van der Waals surface area (Å²) in [4.78, 5) is 24.5. The van der Waals surface area contributed by atoms with Crippen molar-refractivity contribution < 1.29 is 27.5 Å². The second kappa shape index (κ2) is 9.22. The van der Waals surface area contributed by atoms with Crippen molar-refractivity contribution in [2.24, 2.45) is 11.8 Å². The number of hydrogen-bond donors (Lipinski definition) is 0. The van der Waals surface area contributed by atoms with Crippen LogP contribution in [-0.4, -0.2) is 20.4 Å². The average molecular weight is 443 g/mol. The van der Waals surface area contributed by atoms with E-state index in [9.17, 15) is 18.0 Å². The number of ether oxygens (including phenoxy) is 2. The zero-order valence-corrected chi connectivity index (χ0v) is 18.1. The Hall–Kier alpha value is -2.67. The van der Waals surface area contributed by atoms with Gasteiger partial charge in [0, 0.05) is 0 Å². The lowest BCUT2D eigenvalue weighted by atomic mass is 10.1. The molecule has 0 heterocycles. The number of carbonyl (C=O) groups excluding carboxylic acids is 2. The highest BCUT2D eigenvalue weighted by Gasteiger charge is 2.26. The highest BCUT2D eigenvalue weighted by atomic mass is 32.2. The van der Waals surface area contributed by atoms with Gasteiger partial charge in [-0.15, -0.1) is 0 Å². The maximum absolute atomic E-state index is 12.9. The Labute approximate surface area is 182 Å². The molecule has 0 aromatic heterocycles. The summed E-state index contributed by atoms with van der Waals surface area (Å²) >= 11 is 0. The lowest BCUT2D eigenvalue weighted by molar-refractivity contribution is -0.139. The van der Waals surface area contributed by atoms with Gasteiger partial charge in [-0.25, -0.2) is 8.42 Å². The fourth-order valence-electron chi connectivity index (χ4n) is 4.23. The van der Waals surface area contributed by atoms with Crippen LogP contribution in [0.25, 0.3) is 0 Å². The van der Waals surface area contributed by atoms with E-state index in [4.69, 9.17) is 9.47 Å². The minimum atomic E-state index is -3.74. The molecule has 0 atom stereocenters. The van der Waals surface area contributed by atoms with Crippen molar-refractivity contribution >= 4 is 21.8 Å². The van der Waals surface area contributed by atoms with Gasteiger partial charge in [0.25, 0.3) is 0 Å². The Balaban J connectivity index is 1.41. The lowest BCUT2D eigenvalue weighted by Gasteiger charge is -2.11. The van der Waals surface area contributed by atoms with Crippen molar-refractivity contribution in [3.05, 3.63) is 48.5 Å². The van der Waals surface area contributed by atoms with Crippen LogP contribution >= 0.6 is 0 Å². The second-order valence-electron chi connectivity index (χ2n) is 8.25. The van der Waals surface area contributed by atoms with Gasteiger partial charge in [0.1, 0.15) is 11.5 Å². The Kier molecular flexibility index (Phi) is 6.41. The molecule has 0 saturated heterocycles. The minimum Gasteiger partial charge on any atom is -0.426 e. The van der Waals surface area contributed by atoms with Crippen LogP contribution in [0.5, 0.6) is 11.5 Å². The largest absolute Gasteiger partial charge is 0.426 e. The van der Waals surface area contributed by atoms with Gasteiger partial charge < -0.3 is 9.47 Å². The van der Waals surface area contributed by atoms with Crippen LogP contribution in [0, 0.1) is 11.8 Å². The standard InChI is InChI=1S/C24H26O6S/c25-23(17-5-1-2-6-17)29-19-9-13-21(14-10-19)31(27,28)22-15-11-20(12-16-22)30-24(26)18-7-3-4-8-18/h9-18H,1-8H2.